The summed E-state index contributed by atoms with van der Waals surface area (Å²) in [7, 11) is 0. The van der Waals surface area contributed by atoms with Crippen molar-refractivity contribution in [2.45, 2.75) is 32.9 Å². The van der Waals surface area contributed by atoms with Gasteiger partial charge in [-0.2, -0.15) is 11.8 Å². The predicted octanol–water partition coefficient (Wildman–Crippen LogP) is 2.74. The van der Waals surface area contributed by atoms with E-state index in [4.69, 9.17) is 0 Å². The first-order chi connectivity index (χ1) is 7.88. The maximum Gasteiger partial charge on any atom is 0.0220 e. The van der Waals surface area contributed by atoms with Crippen molar-refractivity contribution >= 4 is 11.8 Å². The lowest BCUT2D eigenvalue weighted by Gasteiger charge is -2.21. The second kappa shape index (κ2) is 6.36. The first kappa shape index (κ1) is 12.1. The monoisotopic (exact) mass is 238 g/mol. The van der Waals surface area contributed by atoms with Gasteiger partial charge in [-0.1, -0.05) is 0 Å². The van der Waals surface area contributed by atoms with Crippen LogP contribution in [0.4, 0.5) is 0 Å². The van der Waals surface area contributed by atoms with Gasteiger partial charge in [-0.3, -0.25) is 0 Å². The first-order valence-corrected chi connectivity index (χ1v) is 7.47. The quantitative estimate of drug-likeness (QED) is 0.849. The van der Waals surface area contributed by atoms with Crippen LogP contribution in [-0.2, 0) is 13.1 Å². The number of nitrogens with one attached hydrogen (secondary N) is 1. The highest BCUT2D eigenvalue weighted by atomic mass is 32.2. The van der Waals surface area contributed by atoms with Gasteiger partial charge in [0.1, 0.15) is 0 Å². The molecule has 2 heterocycles. The molecule has 1 N–H and O–H groups in total. The van der Waals surface area contributed by atoms with Crippen molar-refractivity contribution in [3.63, 3.8) is 0 Å². The highest BCUT2D eigenvalue weighted by molar-refractivity contribution is 7.99. The van der Waals surface area contributed by atoms with Gasteiger partial charge in [0.05, 0.1) is 0 Å². The molecule has 2 nitrogen and oxygen atoms in total. The van der Waals surface area contributed by atoms with Gasteiger partial charge in [0.25, 0.3) is 0 Å². The number of hydrogen-bond donors (Lipinski definition) is 1. The molecule has 0 radical (unpaired) electrons. The van der Waals surface area contributed by atoms with Gasteiger partial charge in [-0.05, 0) is 55.4 Å². The molecule has 0 aromatic carbocycles. The molecule has 0 bridgehead atoms. The van der Waals surface area contributed by atoms with Crippen LogP contribution in [-0.4, -0.2) is 22.6 Å². The lowest BCUT2D eigenvalue weighted by Crippen LogP contribution is -2.25. The van der Waals surface area contributed by atoms with Crippen molar-refractivity contribution in [2.75, 3.05) is 18.1 Å². The largest absolute Gasteiger partial charge is 0.354 e. The average Bonchev–Trinajstić information content (AvgIpc) is 2.78. The Bertz CT molecular complexity index is 303. The molecule has 0 atom stereocenters. The third kappa shape index (κ3) is 3.56. The minimum Gasteiger partial charge on any atom is -0.354 e. The molecule has 1 aromatic rings. The van der Waals surface area contributed by atoms with Gasteiger partial charge in [-0.15, -0.1) is 0 Å². The van der Waals surface area contributed by atoms with Crippen LogP contribution in [0.15, 0.2) is 18.5 Å². The van der Waals surface area contributed by atoms with Crippen LogP contribution < -0.4 is 5.32 Å². The standard InChI is InChI=1S/C13H22N2S/c1-2-15-6-3-13(11-15)10-14-9-12-4-7-16-8-5-12/h3,6,11-12,14H,2,4-5,7-10H2,1H3. The Morgan fingerprint density at radius 1 is 1.44 bits per heavy atom. The van der Waals surface area contributed by atoms with E-state index in [0.717, 1.165) is 19.0 Å². The molecule has 1 fully saturated rings. The van der Waals surface area contributed by atoms with Gasteiger partial charge >= 0.3 is 0 Å². The molecule has 1 aliphatic rings. The Kier molecular flexibility index (Phi) is 4.79. The predicted molar refractivity (Wildman–Crippen MR) is 71.9 cm³/mol. The minimum absolute atomic E-state index is 0.912. The SMILES string of the molecule is CCn1ccc(CNCC2CCSCC2)c1. The van der Waals surface area contributed by atoms with Crippen molar-refractivity contribution < 1.29 is 0 Å². The summed E-state index contributed by atoms with van der Waals surface area (Å²) in [5.74, 6) is 3.63. The van der Waals surface area contributed by atoms with E-state index in [0.29, 0.717) is 0 Å². The highest BCUT2D eigenvalue weighted by Gasteiger charge is 2.12. The number of aromatic nitrogens is 1. The van der Waals surface area contributed by atoms with Crippen molar-refractivity contribution in [1.29, 1.82) is 0 Å². The van der Waals surface area contributed by atoms with Crippen LogP contribution in [0.25, 0.3) is 0 Å². The normalized spacial score (nSPS) is 17.8. The number of thioether (sulfide) groups is 1. The van der Waals surface area contributed by atoms with Crippen molar-refractivity contribution in [3.8, 4) is 0 Å². The van der Waals surface area contributed by atoms with Crippen LogP contribution in [0.5, 0.6) is 0 Å². The number of aryl methyl sites for hydroxylation is 1. The van der Waals surface area contributed by atoms with Gasteiger partial charge in [0.2, 0.25) is 0 Å². The fourth-order valence-corrected chi connectivity index (χ4v) is 3.37. The van der Waals surface area contributed by atoms with Crippen LogP contribution in [0.1, 0.15) is 25.3 Å². The molecule has 1 saturated heterocycles. The summed E-state index contributed by atoms with van der Waals surface area (Å²) in [6, 6.07) is 2.22. The Labute approximate surface area is 103 Å². The molecule has 90 valence electrons. The summed E-state index contributed by atoms with van der Waals surface area (Å²) < 4.78 is 2.23. The van der Waals surface area contributed by atoms with Crippen LogP contribution >= 0.6 is 11.8 Å². The Morgan fingerprint density at radius 2 is 2.25 bits per heavy atom. The zero-order chi connectivity index (χ0) is 11.2. The summed E-state index contributed by atoms with van der Waals surface area (Å²) in [5.41, 5.74) is 1.41. The molecule has 3 heteroatoms. The third-order valence-electron chi connectivity index (χ3n) is 3.28. The molecular weight excluding hydrogens is 216 g/mol. The van der Waals surface area contributed by atoms with E-state index in [9.17, 15) is 0 Å². The Hall–Kier alpha value is -0.410. The Balaban J connectivity index is 1.66. The zero-order valence-corrected chi connectivity index (χ0v) is 10.9. The second-order valence-electron chi connectivity index (χ2n) is 4.54. The lowest BCUT2D eigenvalue weighted by molar-refractivity contribution is 0.447. The van der Waals surface area contributed by atoms with E-state index in [1.54, 1.807) is 0 Å². The van der Waals surface area contributed by atoms with Gasteiger partial charge in [-0.25, -0.2) is 0 Å². The molecular formula is C13H22N2S. The summed E-state index contributed by atoms with van der Waals surface area (Å²) in [6.07, 6.45) is 7.19. The summed E-state index contributed by atoms with van der Waals surface area (Å²) in [5, 5.41) is 3.59. The molecule has 0 unspecified atom stereocenters. The van der Waals surface area contributed by atoms with E-state index in [1.165, 1.54) is 36.5 Å². The van der Waals surface area contributed by atoms with Crippen molar-refractivity contribution in [2.24, 2.45) is 5.92 Å². The van der Waals surface area contributed by atoms with Gasteiger partial charge in [0, 0.05) is 25.5 Å². The zero-order valence-electron chi connectivity index (χ0n) is 10.1. The highest BCUT2D eigenvalue weighted by Crippen LogP contribution is 2.21. The molecule has 16 heavy (non-hydrogen) atoms. The summed E-state index contributed by atoms with van der Waals surface area (Å²) in [6.45, 7) is 5.46. The van der Waals surface area contributed by atoms with E-state index in [2.05, 4.69) is 47.0 Å². The van der Waals surface area contributed by atoms with Crippen LogP contribution in [0.3, 0.4) is 0 Å². The number of hydrogen-bond acceptors (Lipinski definition) is 2. The van der Waals surface area contributed by atoms with E-state index in [1.807, 2.05) is 0 Å². The van der Waals surface area contributed by atoms with Gasteiger partial charge in [0.15, 0.2) is 0 Å². The number of rotatable bonds is 5. The topological polar surface area (TPSA) is 17.0 Å². The van der Waals surface area contributed by atoms with Crippen LogP contribution in [0.2, 0.25) is 0 Å². The number of nitrogens with zero attached hydrogens (tertiary/aromatic N) is 1. The molecule has 0 aliphatic carbocycles. The fourth-order valence-electron chi connectivity index (χ4n) is 2.16. The molecule has 1 aliphatic heterocycles. The first-order valence-electron chi connectivity index (χ1n) is 6.31. The third-order valence-corrected chi connectivity index (χ3v) is 4.33. The van der Waals surface area contributed by atoms with Crippen molar-refractivity contribution in [3.05, 3.63) is 24.0 Å². The Morgan fingerprint density at radius 3 is 2.94 bits per heavy atom. The van der Waals surface area contributed by atoms with Crippen LogP contribution in [0, 0.1) is 5.92 Å². The maximum atomic E-state index is 3.59. The molecule has 0 amide bonds. The van der Waals surface area contributed by atoms with E-state index < -0.39 is 0 Å². The summed E-state index contributed by atoms with van der Waals surface area (Å²) in [4.78, 5) is 0. The smallest absolute Gasteiger partial charge is 0.0220 e. The van der Waals surface area contributed by atoms with Gasteiger partial charge < -0.3 is 9.88 Å². The minimum atomic E-state index is 0.912. The fraction of sp³-hybridized carbons (Fsp3) is 0.692. The van der Waals surface area contributed by atoms with E-state index in [-0.39, 0.29) is 0 Å². The average molecular weight is 238 g/mol. The molecule has 1 aromatic heterocycles. The maximum absolute atomic E-state index is 3.59. The second-order valence-corrected chi connectivity index (χ2v) is 5.76. The van der Waals surface area contributed by atoms with E-state index >= 15 is 0 Å². The summed E-state index contributed by atoms with van der Waals surface area (Å²) >= 11 is 2.10. The molecule has 0 spiro atoms. The lowest BCUT2D eigenvalue weighted by atomic mass is 10.0. The van der Waals surface area contributed by atoms with Crippen molar-refractivity contribution in [1.82, 2.24) is 9.88 Å². The molecule has 0 saturated carbocycles. The molecule has 2 rings (SSSR count).